The number of nitrogen functional groups attached to an aromatic ring is 1. The number of fused-ring (bicyclic) bond motifs is 3. The van der Waals surface area contributed by atoms with Crippen molar-refractivity contribution < 1.29 is 14.3 Å². The van der Waals surface area contributed by atoms with Crippen molar-refractivity contribution in [2.75, 3.05) is 19.4 Å². The molecule has 3 aromatic rings. The van der Waals surface area contributed by atoms with E-state index < -0.39 is 5.72 Å². The van der Waals surface area contributed by atoms with Crippen LogP contribution in [0.3, 0.4) is 0 Å². The summed E-state index contributed by atoms with van der Waals surface area (Å²) in [6.07, 6.45) is 1.29. The van der Waals surface area contributed by atoms with Gasteiger partial charge in [-0.3, -0.25) is 0 Å². The van der Waals surface area contributed by atoms with Gasteiger partial charge in [0, 0.05) is 25.1 Å². The summed E-state index contributed by atoms with van der Waals surface area (Å²) in [6, 6.07) is 22.1. The van der Waals surface area contributed by atoms with Crippen molar-refractivity contribution in [3.8, 4) is 22.6 Å². The number of nitrogens with two attached hydrogens (primary N) is 2. The fourth-order valence-electron chi connectivity index (χ4n) is 5.02. The Morgan fingerprint density at radius 3 is 2.64 bits per heavy atom. The van der Waals surface area contributed by atoms with Crippen molar-refractivity contribution in [1.82, 2.24) is 5.06 Å². The molecule has 3 unspecified atom stereocenters. The van der Waals surface area contributed by atoms with Crippen molar-refractivity contribution in [2.45, 2.75) is 24.7 Å². The molecule has 168 valence electrons. The standard InChI is InChI=1S/C26H26N4O3/c1-30-25(28)29-26(33-30)14-24(19-11-18-5-2-3-8-22(18)31-15-19)32-23-10-9-17(13-21(23)26)16-6-4-7-20(27)12-16/h2-10,12-13,19,24H,11,14-15,27H2,1H3,(H2,28,29). The molecule has 7 nitrogen and oxygen atoms in total. The number of rotatable bonds is 2. The third kappa shape index (κ3) is 3.36. The fourth-order valence-corrected chi connectivity index (χ4v) is 5.02. The molecule has 0 radical (unpaired) electrons. The average Bonchev–Trinajstić information content (AvgIpc) is 3.11. The highest BCUT2D eigenvalue weighted by molar-refractivity contribution is 5.79. The lowest BCUT2D eigenvalue weighted by atomic mass is 9.83. The summed E-state index contributed by atoms with van der Waals surface area (Å²) in [5.74, 6) is 2.22. The van der Waals surface area contributed by atoms with E-state index in [-0.39, 0.29) is 12.0 Å². The van der Waals surface area contributed by atoms with Gasteiger partial charge in [-0.2, -0.15) is 0 Å². The molecule has 0 aliphatic carbocycles. The second kappa shape index (κ2) is 7.42. The van der Waals surface area contributed by atoms with E-state index in [4.69, 9.17) is 30.8 Å². The Labute approximate surface area is 192 Å². The minimum Gasteiger partial charge on any atom is -0.493 e. The molecule has 7 heteroatoms. The molecule has 4 N–H and O–H groups in total. The van der Waals surface area contributed by atoms with Gasteiger partial charge in [-0.05, 0) is 53.4 Å². The molecule has 3 aliphatic rings. The Balaban J connectivity index is 1.39. The Kier molecular flexibility index (Phi) is 4.48. The minimum atomic E-state index is -0.940. The zero-order valence-corrected chi connectivity index (χ0v) is 18.4. The number of nitrogens with zero attached hydrogens (tertiary/aromatic N) is 2. The van der Waals surface area contributed by atoms with Gasteiger partial charge in [-0.25, -0.2) is 14.9 Å². The van der Waals surface area contributed by atoms with E-state index in [1.807, 2.05) is 54.6 Å². The van der Waals surface area contributed by atoms with Gasteiger partial charge in [0.25, 0.3) is 0 Å². The Morgan fingerprint density at radius 1 is 0.970 bits per heavy atom. The summed E-state index contributed by atoms with van der Waals surface area (Å²) in [5, 5.41) is 1.53. The molecule has 0 fully saturated rings. The van der Waals surface area contributed by atoms with Crippen LogP contribution in [0.4, 0.5) is 5.69 Å². The molecular formula is C26H26N4O3. The molecule has 6 rings (SSSR count). The normalized spacial score (nSPS) is 25.6. The summed E-state index contributed by atoms with van der Waals surface area (Å²) in [6.45, 7) is 0.587. The van der Waals surface area contributed by atoms with E-state index in [1.165, 1.54) is 10.6 Å². The van der Waals surface area contributed by atoms with Crippen molar-refractivity contribution in [2.24, 2.45) is 16.6 Å². The molecule has 3 atom stereocenters. The SMILES string of the molecule is CN1OC2(CC(C3COc4ccccc4C3)Oc3ccc(-c4cccc(N)c4)cc32)N=C1N. The molecule has 3 aromatic carbocycles. The van der Waals surface area contributed by atoms with E-state index in [0.717, 1.165) is 34.6 Å². The highest BCUT2D eigenvalue weighted by atomic mass is 16.7. The van der Waals surface area contributed by atoms with Crippen LogP contribution in [-0.4, -0.2) is 30.8 Å². The molecule has 0 saturated carbocycles. The van der Waals surface area contributed by atoms with Crippen LogP contribution in [-0.2, 0) is 17.0 Å². The van der Waals surface area contributed by atoms with Crippen LogP contribution in [0.2, 0.25) is 0 Å². The summed E-state index contributed by atoms with van der Waals surface area (Å²) in [4.78, 5) is 11.1. The van der Waals surface area contributed by atoms with Gasteiger partial charge in [0.15, 0.2) is 0 Å². The summed E-state index contributed by atoms with van der Waals surface area (Å²) in [7, 11) is 1.78. The molecule has 3 aliphatic heterocycles. The lowest BCUT2D eigenvalue weighted by molar-refractivity contribution is -0.195. The molecule has 33 heavy (non-hydrogen) atoms. The minimum absolute atomic E-state index is 0.132. The lowest BCUT2D eigenvalue weighted by Gasteiger charge is -2.41. The lowest BCUT2D eigenvalue weighted by Crippen LogP contribution is -2.45. The quantitative estimate of drug-likeness (QED) is 0.588. The van der Waals surface area contributed by atoms with Gasteiger partial charge in [-0.1, -0.05) is 36.4 Å². The number of aliphatic imine (C=N–C) groups is 1. The van der Waals surface area contributed by atoms with Crippen molar-refractivity contribution in [3.05, 3.63) is 77.9 Å². The smallest absolute Gasteiger partial charge is 0.221 e. The average molecular weight is 443 g/mol. The predicted molar refractivity (Wildman–Crippen MR) is 127 cm³/mol. The third-order valence-corrected chi connectivity index (χ3v) is 6.72. The predicted octanol–water partition coefficient (Wildman–Crippen LogP) is 3.68. The van der Waals surface area contributed by atoms with Gasteiger partial charge >= 0.3 is 0 Å². The maximum absolute atomic E-state index is 6.54. The number of hydrogen-bond acceptors (Lipinski definition) is 7. The molecule has 0 aromatic heterocycles. The number of guanidine groups is 1. The van der Waals surface area contributed by atoms with Crippen LogP contribution in [0.1, 0.15) is 17.5 Å². The number of hydroxylamine groups is 2. The van der Waals surface area contributed by atoms with Gasteiger partial charge in [-0.15, -0.1) is 0 Å². The van der Waals surface area contributed by atoms with E-state index in [2.05, 4.69) is 12.1 Å². The number of anilines is 1. The van der Waals surface area contributed by atoms with Gasteiger partial charge in [0.05, 0.1) is 12.2 Å². The monoisotopic (exact) mass is 442 g/mol. The summed E-state index contributed by atoms with van der Waals surface area (Å²) >= 11 is 0. The Morgan fingerprint density at radius 2 is 1.82 bits per heavy atom. The maximum atomic E-state index is 6.54. The summed E-state index contributed by atoms with van der Waals surface area (Å²) in [5.41, 5.74) is 16.1. The van der Waals surface area contributed by atoms with Crippen LogP contribution >= 0.6 is 0 Å². The second-order valence-electron chi connectivity index (χ2n) is 8.92. The van der Waals surface area contributed by atoms with Crippen molar-refractivity contribution in [3.63, 3.8) is 0 Å². The molecule has 0 saturated heterocycles. The maximum Gasteiger partial charge on any atom is 0.221 e. The first-order valence-corrected chi connectivity index (χ1v) is 11.2. The van der Waals surface area contributed by atoms with Crippen molar-refractivity contribution in [1.29, 1.82) is 0 Å². The number of para-hydroxylation sites is 1. The van der Waals surface area contributed by atoms with E-state index in [1.54, 1.807) is 7.05 Å². The van der Waals surface area contributed by atoms with Gasteiger partial charge < -0.3 is 20.9 Å². The first-order chi connectivity index (χ1) is 16.0. The first kappa shape index (κ1) is 19.9. The Hall–Kier alpha value is -3.71. The number of benzene rings is 3. The highest BCUT2D eigenvalue weighted by Gasteiger charge is 2.50. The summed E-state index contributed by atoms with van der Waals surface area (Å²) < 4.78 is 12.6. The zero-order chi connectivity index (χ0) is 22.6. The van der Waals surface area contributed by atoms with E-state index in [9.17, 15) is 0 Å². The number of ether oxygens (including phenoxy) is 2. The highest BCUT2D eigenvalue weighted by Crippen LogP contribution is 2.49. The van der Waals surface area contributed by atoms with Crippen molar-refractivity contribution >= 4 is 11.6 Å². The third-order valence-electron chi connectivity index (χ3n) is 6.72. The van der Waals surface area contributed by atoms with Crippen LogP contribution < -0.4 is 20.9 Å². The van der Waals surface area contributed by atoms with Crippen LogP contribution in [0.5, 0.6) is 11.5 Å². The molecule has 0 amide bonds. The van der Waals surface area contributed by atoms with E-state index >= 15 is 0 Å². The Bertz CT molecular complexity index is 1260. The molecular weight excluding hydrogens is 416 g/mol. The zero-order valence-electron chi connectivity index (χ0n) is 18.4. The molecule has 1 spiro atoms. The van der Waals surface area contributed by atoms with Gasteiger partial charge in [0.1, 0.15) is 17.6 Å². The molecule has 3 heterocycles. The topological polar surface area (TPSA) is 95.3 Å². The number of hydrogen-bond donors (Lipinski definition) is 2. The molecule has 0 bridgehead atoms. The first-order valence-electron chi connectivity index (χ1n) is 11.2. The fraction of sp³-hybridized carbons (Fsp3) is 0.269. The van der Waals surface area contributed by atoms with Crippen LogP contribution in [0.25, 0.3) is 11.1 Å². The van der Waals surface area contributed by atoms with Gasteiger partial charge in [0.2, 0.25) is 11.7 Å². The van der Waals surface area contributed by atoms with Crippen LogP contribution in [0.15, 0.2) is 71.7 Å². The second-order valence-corrected chi connectivity index (χ2v) is 8.92. The van der Waals surface area contributed by atoms with E-state index in [0.29, 0.717) is 24.7 Å². The largest absolute Gasteiger partial charge is 0.493 e. The van der Waals surface area contributed by atoms with Crippen LogP contribution in [0, 0.1) is 5.92 Å².